The van der Waals surface area contributed by atoms with Gasteiger partial charge in [-0.05, 0) is 12.1 Å². The second kappa shape index (κ2) is 3.40. The summed E-state index contributed by atoms with van der Waals surface area (Å²) in [6.07, 6.45) is 0.731. The standard InChI is InChI=1S/C10H8O3S/c11-4-6-1-2-8-7(3-6)10(13)9(5-12)14-8/h1-4,12-13H,5H2. The minimum absolute atomic E-state index is 0.0798. The minimum atomic E-state index is -0.179. The highest BCUT2D eigenvalue weighted by atomic mass is 32.1. The normalized spacial score (nSPS) is 10.6. The highest BCUT2D eigenvalue weighted by Gasteiger charge is 2.10. The molecule has 0 fully saturated rings. The minimum Gasteiger partial charge on any atom is -0.506 e. The predicted octanol–water partition coefficient (Wildman–Crippen LogP) is 1.91. The zero-order chi connectivity index (χ0) is 10.1. The number of rotatable bonds is 2. The first kappa shape index (κ1) is 9.18. The van der Waals surface area contributed by atoms with Crippen LogP contribution < -0.4 is 0 Å². The predicted molar refractivity (Wildman–Crippen MR) is 54.8 cm³/mol. The van der Waals surface area contributed by atoms with Crippen LogP contribution >= 0.6 is 11.3 Å². The van der Waals surface area contributed by atoms with Crippen LogP contribution in [0.1, 0.15) is 15.2 Å². The average molecular weight is 208 g/mol. The van der Waals surface area contributed by atoms with Crippen LogP contribution in [0.3, 0.4) is 0 Å². The van der Waals surface area contributed by atoms with Crippen molar-refractivity contribution in [2.45, 2.75) is 6.61 Å². The molecule has 2 rings (SSSR count). The molecule has 0 saturated carbocycles. The largest absolute Gasteiger partial charge is 0.506 e. The van der Waals surface area contributed by atoms with Crippen LogP contribution in [0.25, 0.3) is 10.1 Å². The fourth-order valence-corrected chi connectivity index (χ4v) is 2.27. The molecule has 0 saturated heterocycles. The molecule has 0 unspecified atom stereocenters. The lowest BCUT2D eigenvalue weighted by molar-refractivity contribution is 0.112. The molecule has 0 atom stereocenters. The van der Waals surface area contributed by atoms with E-state index >= 15 is 0 Å². The van der Waals surface area contributed by atoms with Crippen molar-refractivity contribution in [1.29, 1.82) is 0 Å². The Kier molecular flexibility index (Phi) is 2.23. The van der Waals surface area contributed by atoms with Gasteiger partial charge in [0.2, 0.25) is 0 Å². The van der Waals surface area contributed by atoms with Gasteiger partial charge >= 0.3 is 0 Å². The summed E-state index contributed by atoms with van der Waals surface area (Å²) in [5, 5.41) is 19.2. The number of aliphatic hydroxyl groups excluding tert-OH is 1. The van der Waals surface area contributed by atoms with E-state index in [0.29, 0.717) is 15.8 Å². The van der Waals surface area contributed by atoms with Crippen LogP contribution in [0, 0.1) is 0 Å². The summed E-state index contributed by atoms with van der Waals surface area (Å²) >= 11 is 1.33. The summed E-state index contributed by atoms with van der Waals surface area (Å²) in [6.45, 7) is -0.179. The maximum absolute atomic E-state index is 10.5. The number of aldehydes is 1. The fourth-order valence-electron chi connectivity index (χ4n) is 1.33. The number of fused-ring (bicyclic) bond motifs is 1. The van der Waals surface area contributed by atoms with Crippen LogP contribution in [0.15, 0.2) is 18.2 Å². The van der Waals surface area contributed by atoms with Crippen LogP contribution in [-0.2, 0) is 6.61 Å². The molecule has 72 valence electrons. The smallest absolute Gasteiger partial charge is 0.150 e. The molecule has 0 aliphatic rings. The Morgan fingerprint density at radius 2 is 2.21 bits per heavy atom. The van der Waals surface area contributed by atoms with Gasteiger partial charge in [-0.1, -0.05) is 6.07 Å². The van der Waals surface area contributed by atoms with E-state index in [1.807, 2.05) is 0 Å². The van der Waals surface area contributed by atoms with Crippen molar-refractivity contribution in [2.24, 2.45) is 0 Å². The van der Waals surface area contributed by atoms with Gasteiger partial charge in [-0.2, -0.15) is 0 Å². The van der Waals surface area contributed by atoms with Gasteiger partial charge in [0.1, 0.15) is 12.0 Å². The maximum atomic E-state index is 10.5. The Bertz CT molecular complexity index is 487. The Morgan fingerprint density at radius 3 is 2.86 bits per heavy atom. The average Bonchev–Trinajstić information content (AvgIpc) is 2.55. The first-order valence-electron chi connectivity index (χ1n) is 4.06. The first-order valence-corrected chi connectivity index (χ1v) is 4.88. The third-order valence-corrected chi connectivity index (χ3v) is 3.18. The summed E-state index contributed by atoms with van der Waals surface area (Å²) in [4.78, 5) is 11.0. The van der Waals surface area contributed by atoms with Gasteiger partial charge in [0.15, 0.2) is 0 Å². The quantitative estimate of drug-likeness (QED) is 0.741. The highest BCUT2D eigenvalue weighted by molar-refractivity contribution is 7.19. The van der Waals surface area contributed by atoms with Gasteiger partial charge < -0.3 is 10.2 Å². The molecule has 0 aliphatic carbocycles. The zero-order valence-electron chi connectivity index (χ0n) is 7.23. The first-order chi connectivity index (χ1) is 6.76. The van der Waals surface area contributed by atoms with E-state index in [-0.39, 0.29) is 12.4 Å². The molecule has 2 N–H and O–H groups in total. The number of hydrogen-bond acceptors (Lipinski definition) is 4. The lowest BCUT2D eigenvalue weighted by Gasteiger charge is -1.92. The van der Waals surface area contributed by atoms with Crippen molar-refractivity contribution < 1.29 is 15.0 Å². The second-order valence-corrected chi connectivity index (χ2v) is 4.04. The summed E-state index contributed by atoms with van der Waals surface area (Å²) in [5.74, 6) is 0.0798. The summed E-state index contributed by atoms with van der Waals surface area (Å²) < 4.78 is 0.872. The maximum Gasteiger partial charge on any atom is 0.150 e. The van der Waals surface area contributed by atoms with E-state index in [9.17, 15) is 9.90 Å². The van der Waals surface area contributed by atoms with Crippen molar-refractivity contribution >= 4 is 27.7 Å². The van der Waals surface area contributed by atoms with Crippen LogP contribution in [0.2, 0.25) is 0 Å². The number of hydrogen-bond donors (Lipinski definition) is 2. The van der Waals surface area contributed by atoms with E-state index in [1.165, 1.54) is 11.3 Å². The van der Waals surface area contributed by atoms with Gasteiger partial charge in [0, 0.05) is 15.6 Å². The fraction of sp³-hybridized carbons (Fsp3) is 0.100. The molecule has 3 nitrogen and oxygen atoms in total. The number of benzene rings is 1. The molecule has 0 spiro atoms. The van der Waals surface area contributed by atoms with Crippen molar-refractivity contribution in [3.05, 3.63) is 28.6 Å². The topological polar surface area (TPSA) is 57.5 Å². The van der Waals surface area contributed by atoms with Gasteiger partial charge in [0.25, 0.3) is 0 Å². The number of carbonyl (C=O) groups excluding carboxylic acids is 1. The number of carbonyl (C=O) groups is 1. The summed E-state index contributed by atoms with van der Waals surface area (Å²) in [5.41, 5.74) is 0.523. The highest BCUT2D eigenvalue weighted by Crippen LogP contribution is 2.36. The van der Waals surface area contributed by atoms with E-state index < -0.39 is 0 Å². The summed E-state index contributed by atoms with van der Waals surface area (Å²) in [7, 11) is 0. The number of thiophene rings is 1. The molecular weight excluding hydrogens is 200 g/mol. The Balaban J connectivity index is 2.73. The van der Waals surface area contributed by atoms with Crippen LogP contribution in [0.4, 0.5) is 0 Å². The third-order valence-electron chi connectivity index (χ3n) is 2.04. The van der Waals surface area contributed by atoms with Crippen LogP contribution in [-0.4, -0.2) is 16.5 Å². The molecule has 14 heavy (non-hydrogen) atoms. The number of aliphatic hydroxyl groups is 1. The monoisotopic (exact) mass is 208 g/mol. The van der Waals surface area contributed by atoms with Gasteiger partial charge in [0.05, 0.1) is 11.5 Å². The Hall–Kier alpha value is -1.39. The van der Waals surface area contributed by atoms with E-state index in [0.717, 1.165) is 11.0 Å². The SMILES string of the molecule is O=Cc1ccc2sc(CO)c(O)c2c1. The van der Waals surface area contributed by atoms with Gasteiger partial charge in [-0.3, -0.25) is 4.79 Å². The molecular formula is C10H8O3S. The molecule has 1 aromatic heterocycles. The van der Waals surface area contributed by atoms with Crippen molar-refractivity contribution in [2.75, 3.05) is 0 Å². The van der Waals surface area contributed by atoms with Gasteiger partial charge in [-0.25, -0.2) is 0 Å². The molecule has 0 radical (unpaired) electrons. The van der Waals surface area contributed by atoms with Crippen LogP contribution in [0.5, 0.6) is 5.75 Å². The Morgan fingerprint density at radius 1 is 1.43 bits per heavy atom. The van der Waals surface area contributed by atoms with Crippen molar-refractivity contribution in [3.63, 3.8) is 0 Å². The van der Waals surface area contributed by atoms with Gasteiger partial charge in [-0.15, -0.1) is 11.3 Å². The molecule has 0 amide bonds. The lowest BCUT2D eigenvalue weighted by atomic mass is 10.1. The molecule has 2 aromatic rings. The third kappa shape index (κ3) is 1.29. The molecule has 1 heterocycles. The number of aromatic hydroxyl groups is 1. The zero-order valence-corrected chi connectivity index (χ0v) is 8.04. The molecule has 4 heteroatoms. The van der Waals surface area contributed by atoms with E-state index in [2.05, 4.69) is 0 Å². The summed E-state index contributed by atoms with van der Waals surface area (Å²) in [6, 6.07) is 5.07. The molecule has 0 aliphatic heterocycles. The lowest BCUT2D eigenvalue weighted by Crippen LogP contribution is -1.77. The van der Waals surface area contributed by atoms with E-state index in [4.69, 9.17) is 5.11 Å². The molecule has 1 aromatic carbocycles. The van der Waals surface area contributed by atoms with Crippen molar-refractivity contribution in [3.8, 4) is 5.75 Å². The Labute approximate surface area is 84.2 Å². The molecule has 0 bridgehead atoms. The second-order valence-electron chi connectivity index (χ2n) is 2.91. The van der Waals surface area contributed by atoms with E-state index in [1.54, 1.807) is 18.2 Å². The van der Waals surface area contributed by atoms with Crippen molar-refractivity contribution in [1.82, 2.24) is 0 Å².